The van der Waals surface area contributed by atoms with Gasteiger partial charge in [0.1, 0.15) is 5.76 Å². The van der Waals surface area contributed by atoms with Crippen LogP contribution in [0.3, 0.4) is 0 Å². The van der Waals surface area contributed by atoms with Crippen molar-refractivity contribution < 1.29 is 18.7 Å². The Morgan fingerprint density at radius 2 is 1.56 bits per heavy atom. The average molecular weight is 332 g/mol. The molecule has 0 bridgehead atoms. The van der Waals surface area contributed by atoms with Gasteiger partial charge in [0.2, 0.25) is 5.78 Å². The first-order chi connectivity index (χ1) is 12.2. The molecule has 3 aromatic rings. The number of benzene rings is 2. The molecule has 4 nitrogen and oxygen atoms in total. The predicted octanol–water partition coefficient (Wildman–Crippen LogP) is 4.46. The van der Waals surface area contributed by atoms with E-state index in [2.05, 4.69) is 0 Å². The first-order valence-corrected chi connectivity index (χ1v) is 7.80. The summed E-state index contributed by atoms with van der Waals surface area (Å²) in [5.74, 6) is -0.358. The Balaban J connectivity index is 1.82. The molecule has 0 spiro atoms. The Morgan fingerprint density at radius 3 is 2.20 bits per heavy atom. The van der Waals surface area contributed by atoms with Crippen LogP contribution in [0.15, 0.2) is 89.6 Å². The Hall–Kier alpha value is -3.40. The number of rotatable bonds is 6. The second-order valence-corrected chi connectivity index (χ2v) is 5.31. The van der Waals surface area contributed by atoms with Crippen molar-refractivity contribution in [1.82, 2.24) is 0 Å². The second kappa shape index (κ2) is 7.93. The monoisotopic (exact) mass is 332 g/mol. The van der Waals surface area contributed by atoms with Gasteiger partial charge in [0.15, 0.2) is 6.10 Å². The molecule has 0 fully saturated rings. The smallest absolute Gasteiger partial charge is 0.331 e. The second-order valence-electron chi connectivity index (χ2n) is 5.31. The van der Waals surface area contributed by atoms with Gasteiger partial charge < -0.3 is 9.15 Å². The molecule has 25 heavy (non-hydrogen) atoms. The van der Waals surface area contributed by atoms with Gasteiger partial charge >= 0.3 is 5.97 Å². The van der Waals surface area contributed by atoms with Crippen molar-refractivity contribution in [3.8, 4) is 0 Å². The summed E-state index contributed by atoms with van der Waals surface area (Å²) < 4.78 is 10.6. The zero-order valence-electron chi connectivity index (χ0n) is 13.4. The number of ether oxygens (including phenoxy) is 1. The minimum absolute atomic E-state index is 0.272. The van der Waals surface area contributed by atoms with Gasteiger partial charge in [-0.2, -0.15) is 0 Å². The fourth-order valence-corrected chi connectivity index (χ4v) is 2.35. The maximum absolute atomic E-state index is 12.8. The molecule has 2 aromatic carbocycles. The molecule has 3 rings (SSSR count). The van der Waals surface area contributed by atoms with E-state index in [-0.39, 0.29) is 5.78 Å². The number of hydrogen-bond donors (Lipinski definition) is 0. The molecular weight excluding hydrogens is 316 g/mol. The van der Waals surface area contributed by atoms with E-state index in [1.54, 1.807) is 60.7 Å². The van der Waals surface area contributed by atoms with Crippen molar-refractivity contribution in [3.63, 3.8) is 0 Å². The highest BCUT2D eigenvalue weighted by Gasteiger charge is 2.25. The van der Waals surface area contributed by atoms with Crippen LogP contribution in [0.1, 0.15) is 27.8 Å². The molecule has 0 saturated heterocycles. The van der Waals surface area contributed by atoms with Crippen molar-refractivity contribution in [3.05, 3.63) is 102 Å². The van der Waals surface area contributed by atoms with Crippen LogP contribution in [0.2, 0.25) is 0 Å². The number of esters is 1. The van der Waals surface area contributed by atoms with Crippen molar-refractivity contribution in [2.75, 3.05) is 0 Å². The Bertz CT molecular complexity index is 849. The summed E-state index contributed by atoms with van der Waals surface area (Å²) in [5.41, 5.74) is 1.11. The normalized spacial score (nSPS) is 12.0. The third-order valence-electron chi connectivity index (χ3n) is 3.56. The largest absolute Gasteiger partial charge is 0.465 e. The van der Waals surface area contributed by atoms with Gasteiger partial charge in [-0.3, -0.25) is 4.79 Å². The topological polar surface area (TPSA) is 56.5 Å². The Labute approximate surface area is 145 Å². The van der Waals surface area contributed by atoms with Crippen LogP contribution in [0.25, 0.3) is 6.08 Å². The minimum Gasteiger partial charge on any atom is -0.465 e. The summed E-state index contributed by atoms with van der Waals surface area (Å²) in [6.45, 7) is 0. The van der Waals surface area contributed by atoms with Crippen molar-refractivity contribution in [2.45, 2.75) is 6.10 Å². The molecule has 0 amide bonds. The van der Waals surface area contributed by atoms with Crippen LogP contribution < -0.4 is 0 Å². The molecule has 0 aliphatic heterocycles. The van der Waals surface area contributed by atoms with E-state index >= 15 is 0 Å². The van der Waals surface area contributed by atoms with Crippen molar-refractivity contribution >= 4 is 17.8 Å². The Kier molecular flexibility index (Phi) is 5.22. The molecule has 1 aromatic heterocycles. The lowest BCUT2D eigenvalue weighted by Crippen LogP contribution is -2.19. The highest BCUT2D eigenvalue weighted by molar-refractivity contribution is 6.01. The molecule has 1 atom stereocenters. The summed E-state index contributed by atoms with van der Waals surface area (Å²) in [6.07, 6.45) is 3.25. The van der Waals surface area contributed by atoms with Crippen molar-refractivity contribution in [1.29, 1.82) is 0 Å². The van der Waals surface area contributed by atoms with Gasteiger partial charge in [-0.05, 0) is 18.2 Å². The average Bonchev–Trinajstić information content (AvgIpc) is 3.19. The molecule has 1 heterocycles. The number of hydrogen-bond acceptors (Lipinski definition) is 4. The summed E-state index contributed by atoms with van der Waals surface area (Å²) in [7, 11) is 0. The van der Waals surface area contributed by atoms with Gasteiger partial charge in [-0.25, -0.2) is 4.79 Å². The van der Waals surface area contributed by atoms with Gasteiger partial charge in [-0.1, -0.05) is 60.7 Å². The van der Waals surface area contributed by atoms with Crippen LogP contribution in [-0.2, 0) is 9.53 Å². The summed E-state index contributed by atoms with van der Waals surface area (Å²) in [6, 6.07) is 21.2. The van der Waals surface area contributed by atoms with Crippen molar-refractivity contribution in [2.24, 2.45) is 0 Å². The summed E-state index contributed by atoms with van der Waals surface area (Å²) >= 11 is 0. The fraction of sp³-hybridized carbons (Fsp3) is 0.0476. The van der Waals surface area contributed by atoms with E-state index in [0.717, 1.165) is 0 Å². The highest BCUT2D eigenvalue weighted by Crippen LogP contribution is 2.23. The molecule has 0 aliphatic rings. The van der Waals surface area contributed by atoms with E-state index in [9.17, 15) is 9.59 Å². The van der Waals surface area contributed by atoms with Crippen LogP contribution >= 0.6 is 0 Å². The van der Waals surface area contributed by atoms with Gasteiger partial charge in [0.25, 0.3) is 0 Å². The van der Waals surface area contributed by atoms with Gasteiger partial charge in [0, 0.05) is 17.2 Å². The molecule has 0 N–H and O–H groups in total. The van der Waals surface area contributed by atoms with Crippen LogP contribution in [0.5, 0.6) is 0 Å². The van der Waals surface area contributed by atoms with E-state index in [1.807, 2.05) is 12.1 Å². The minimum atomic E-state index is -1.00. The quantitative estimate of drug-likeness (QED) is 0.380. The third kappa shape index (κ3) is 4.32. The zero-order valence-corrected chi connectivity index (χ0v) is 13.4. The lowest BCUT2D eigenvalue weighted by molar-refractivity contribution is -0.141. The number of carbonyl (C=O) groups is 2. The first kappa shape index (κ1) is 16.5. The molecule has 0 radical (unpaired) electrons. The SMILES string of the molecule is O=C(/C=C/c1ccco1)O[C@H](C(=O)c1ccccc1)c1ccccc1. The fourth-order valence-electron chi connectivity index (χ4n) is 2.35. The van der Waals surface area contributed by atoms with Gasteiger partial charge in [-0.15, -0.1) is 0 Å². The highest BCUT2D eigenvalue weighted by atomic mass is 16.5. The Morgan fingerprint density at radius 1 is 0.880 bits per heavy atom. The van der Waals surface area contributed by atoms with E-state index in [1.165, 1.54) is 18.4 Å². The van der Waals surface area contributed by atoms with Crippen LogP contribution in [-0.4, -0.2) is 11.8 Å². The van der Waals surface area contributed by atoms with E-state index in [0.29, 0.717) is 16.9 Å². The predicted molar refractivity (Wildman–Crippen MR) is 93.8 cm³/mol. The molecule has 124 valence electrons. The lowest BCUT2D eigenvalue weighted by Gasteiger charge is -2.16. The van der Waals surface area contributed by atoms with E-state index in [4.69, 9.17) is 9.15 Å². The van der Waals surface area contributed by atoms with Gasteiger partial charge in [0.05, 0.1) is 6.26 Å². The summed E-state index contributed by atoms with van der Waals surface area (Å²) in [5, 5.41) is 0. The molecular formula is C21H16O4. The zero-order chi connectivity index (χ0) is 17.5. The lowest BCUT2D eigenvalue weighted by atomic mass is 10.00. The summed E-state index contributed by atoms with van der Waals surface area (Å²) in [4.78, 5) is 24.9. The molecule has 0 unspecified atom stereocenters. The molecule has 0 saturated carbocycles. The van der Waals surface area contributed by atoms with Crippen LogP contribution in [0, 0.1) is 0 Å². The first-order valence-electron chi connectivity index (χ1n) is 7.80. The number of furan rings is 1. The molecule has 4 heteroatoms. The van der Waals surface area contributed by atoms with E-state index < -0.39 is 12.1 Å². The standard InChI is InChI=1S/C21H16O4/c22-19(14-13-18-12-7-15-24-18)25-21(17-10-5-2-6-11-17)20(23)16-8-3-1-4-9-16/h1-15,21H/b14-13+/t21-/m0/s1. The van der Waals surface area contributed by atoms with Crippen LogP contribution in [0.4, 0.5) is 0 Å². The maximum atomic E-state index is 12.8. The maximum Gasteiger partial charge on any atom is 0.331 e. The number of ketones is 1. The number of carbonyl (C=O) groups excluding carboxylic acids is 2. The number of Topliss-reactive ketones (excluding diaryl/α,β-unsaturated/α-hetero) is 1. The molecule has 0 aliphatic carbocycles. The third-order valence-corrected chi connectivity index (χ3v) is 3.56.